The molecule has 0 spiro atoms. The summed E-state index contributed by atoms with van der Waals surface area (Å²) in [6.45, 7) is 10.8. The molecule has 102 valence electrons. The largest absolute Gasteiger partial charge is 0.344 e. The smallest absolute Gasteiger partial charge is 0.244 e. The maximum Gasteiger partial charge on any atom is 0.244 e. The lowest BCUT2D eigenvalue weighted by molar-refractivity contribution is -0.130. The lowest BCUT2D eigenvalue weighted by atomic mass is 10.2. The van der Waals surface area contributed by atoms with Crippen molar-refractivity contribution in [3.63, 3.8) is 0 Å². The van der Waals surface area contributed by atoms with E-state index >= 15 is 0 Å². The first kappa shape index (κ1) is 14.7. The number of nitrogens with zero attached hydrogens (tertiary/aromatic N) is 3. The van der Waals surface area contributed by atoms with E-state index in [0.29, 0.717) is 6.54 Å². The highest BCUT2D eigenvalue weighted by Crippen LogP contribution is 2.12. The van der Waals surface area contributed by atoms with Crippen molar-refractivity contribution in [1.29, 1.82) is 0 Å². The third-order valence-electron chi connectivity index (χ3n) is 3.27. The van der Waals surface area contributed by atoms with Gasteiger partial charge in [-0.15, -0.1) is 0 Å². The van der Waals surface area contributed by atoms with Gasteiger partial charge in [-0.25, -0.2) is 0 Å². The maximum absolute atomic E-state index is 11.9. The minimum Gasteiger partial charge on any atom is -0.344 e. The van der Waals surface area contributed by atoms with Gasteiger partial charge in [0.05, 0.1) is 5.69 Å². The van der Waals surface area contributed by atoms with E-state index in [4.69, 9.17) is 0 Å². The molecule has 0 aliphatic heterocycles. The highest BCUT2D eigenvalue weighted by Gasteiger charge is 2.14. The number of carbonyl (C=O) groups is 1. The Kier molecular flexibility index (Phi) is 5.34. The van der Waals surface area contributed by atoms with Crippen LogP contribution in [0.5, 0.6) is 0 Å². The van der Waals surface area contributed by atoms with Gasteiger partial charge in [-0.05, 0) is 27.3 Å². The number of amides is 1. The molecule has 5 heteroatoms. The summed E-state index contributed by atoms with van der Waals surface area (Å²) in [4.78, 5) is 13.6. The molecule has 0 aliphatic carbocycles. The molecule has 1 rings (SSSR count). The van der Waals surface area contributed by atoms with E-state index in [1.54, 1.807) is 9.58 Å². The Morgan fingerprint density at radius 2 is 2.06 bits per heavy atom. The van der Waals surface area contributed by atoms with Gasteiger partial charge in [0.15, 0.2) is 0 Å². The second-order valence-corrected chi connectivity index (χ2v) is 4.50. The van der Waals surface area contributed by atoms with Crippen LogP contribution in [0.1, 0.15) is 30.8 Å². The summed E-state index contributed by atoms with van der Waals surface area (Å²) in [5.41, 5.74) is 3.27. The number of nitrogens with one attached hydrogen (secondary N) is 1. The molecular formula is C13H24N4O. The minimum absolute atomic E-state index is 0.0955. The second kappa shape index (κ2) is 6.54. The molecular weight excluding hydrogens is 228 g/mol. The highest BCUT2D eigenvalue weighted by atomic mass is 16.2. The molecule has 1 heterocycles. The van der Waals surface area contributed by atoms with Gasteiger partial charge in [0.2, 0.25) is 5.91 Å². The van der Waals surface area contributed by atoms with Gasteiger partial charge in [-0.1, -0.05) is 6.92 Å². The lowest BCUT2D eigenvalue weighted by Crippen LogP contribution is -2.30. The van der Waals surface area contributed by atoms with Gasteiger partial charge < -0.3 is 10.2 Å². The first-order valence-electron chi connectivity index (χ1n) is 6.48. The van der Waals surface area contributed by atoms with Crippen LogP contribution in [0.2, 0.25) is 0 Å². The molecule has 0 radical (unpaired) electrons. The van der Waals surface area contributed by atoms with Crippen LogP contribution in [0.3, 0.4) is 0 Å². The van der Waals surface area contributed by atoms with Crippen molar-refractivity contribution >= 4 is 5.91 Å². The molecule has 1 amide bonds. The Labute approximate surface area is 109 Å². The molecule has 0 atom stereocenters. The van der Waals surface area contributed by atoms with Crippen LogP contribution in [-0.4, -0.2) is 40.7 Å². The van der Waals surface area contributed by atoms with Crippen molar-refractivity contribution in [3.8, 4) is 0 Å². The average Bonchev–Trinajstić information content (AvgIpc) is 2.61. The molecule has 1 aromatic heterocycles. The molecule has 0 fully saturated rings. The van der Waals surface area contributed by atoms with Crippen LogP contribution in [0.4, 0.5) is 0 Å². The summed E-state index contributed by atoms with van der Waals surface area (Å²) in [7, 11) is 1.81. The fourth-order valence-corrected chi connectivity index (χ4v) is 1.82. The van der Waals surface area contributed by atoms with Crippen molar-refractivity contribution in [2.75, 3.05) is 20.1 Å². The van der Waals surface area contributed by atoms with Crippen molar-refractivity contribution in [2.45, 2.75) is 40.8 Å². The normalized spacial score (nSPS) is 10.7. The van der Waals surface area contributed by atoms with Gasteiger partial charge in [0, 0.05) is 31.4 Å². The van der Waals surface area contributed by atoms with Gasteiger partial charge >= 0.3 is 0 Å². The van der Waals surface area contributed by atoms with Gasteiger partial charge in [-0.2, -0.15) is 5.10 Å². The van der Waals surface area contributed by atoms with E-state index in [-0.39, 0.29) is 5.91 Å². The monoisotopic (exact) mass is 252 g/mol. The quantitative estimate of drug-likeness (QED) is 0.824. The van der Waals surface area contributed by atoms with Crippen LogP contribution in [0.25, 0.3) is 0 Å². The maximum atomic E-state index is 11.9. The number of carbonyl (C=O) groups excluding carboxylic acids is 1. The van der Waals surface area contributed by atoms with Crippen molar-refractivity contribution < 1.29 is 4.79 Å². The highest BCUT2D eigenvalue weighted by molar-refractivity contribution is 5.75. The zero-order valence-corrected chi connectivity index (χ0v) is 12.1. The zero-order valence-electron chi connectivity index (χ0n) is 12.1. The van der Waals surface area contributed by atoms with E-state index in [1.807, 2.05) is 27.8 Å². The molecule has 0 unspecified atom stereocenters. The molecule has 0 aromatic carbocycles. The second-order valence-electron chi connectivity index (χ2n) is 4.50. The van der Waals surface area contributed by atoms with Gasteiger partial charge in [0.1, 0.15) is 6.54 Å². The Bertz CT molecular complexity index is 411. The predicted octanol–water partition coefficient (Wildman–Crippen LogP) is 1.09. The van der Waals surface area contributed by atoms with Crippen LogP contribution in [0, 0.1) is 13.8 Å². The first-order valence-corrected chi connectivity index (χ1v) is 6.48. The van der Waals surface area contributed by atoms with E-state index < -0.39 is 0 Å². The zero-order chi connectivity index (χ0) is 13.7. The van der Waals surface area contributed by atoms with Crippen LogP contribution in [0.15, 0.2) is 0 Å². The third kappa shape index (κ3) is 3.32. The first-order chi connectivity index (χ1) is 8.51. The van der Waals surface area contributed by atoms with Crippen LogP contribution < -0.4 is 5.32 Å². The van der Waals surface area contributed by atoms with Gasteiger partial charge in [0.25, 0.3) is 0 Å². The van der Waals surface area contributed by atoms with E-state index in [0.717, 1.165) is 31.0 Å². The topological polar surface area (TPSA) is 50.2 Å². The van der Waals surface area contributed by atoms with Crippen LogP contribution >= 0.6 is 0 Å². The van der Waals surface area contributed by atoms with Gasteiger partial charge in [-0.3, -0.25) is 9.48 Å². The number of aryl methyl sites for hydroxylation is 1. The molecule has 18 heavy (non-hydrogen) atoms. The predicted molar refractivity (Wildman–Crippen MR) is 72.4 cm³/mol. The molecule has 5 nitrogen and oxygen atoms in total. The standard InChI is InChI=1S/C13H24N4O/c1-6-14-8-12-10(3)15-17(11(12)4)9-13(18)16(5)7-2/h14H,6-9H2,1-5H3. The Morgan fingerprint density at radius 1 is 1.39 bits per heavy atom. The van der Waals surface area contributed by atoms with Crippen LogP contribution in [-0.2, 0) is 17.9 Å². The fraction of sp³-hybridized carbons (Fsp3) is 0.692. The Balaban J connectivity index is 2.81. The Hall–Kier alpha value is -1.36. The molecule has 0 bridgehead atoms. The molecule has 1 N–H and O–H groups in total. The summed E-state index contributed by atoms with van der Waals surface area (Å²) in [6, 6.07) is 0. The van der Waals surface area contributed by atoms with E-state index in [9.17, 15) is 4.79 Å². The average molecular weight is 252 g/mol. The van der Waals surface area contributed by atoms with E-state index in [1.165, 1.54) is 5.56 Å². The number of hydrogen-bond acceptors (Lipinski definition) is 3. The Morgan fingerprint density at radius 3 is 2.61 bits per heavy atom. The third-order valence-corrected chi connectivity index (χ3v) is 3.27. The molecule has 1 aromatic rings. The molecule has 0 aliphatic rings. The minimum atomic E-state index is 0.0955. The van der Waals surface area contributed by atoms with Crippen molar-refractivity contribution in [2.24, 2.45) is 0 Å². The fourth-order valence-electron chi connectivity index (χ4n) is 1.82. The van der Waals surface area contributed by atoms with Crippen molar-refractivity contribution in [1.82, 2.24) is 20.0 Å². The van der Waals surface area contributed by atoms with E-state index in [2.05, 4.69) is 17.3 Å². The lowest BCUT2D eigenvalue weighted by Gasteiger charge is -2.15. The number of hydrogen-bond donors (Lipinski definition) is 1. The molecule has 0 saturated heterocycles. The summed E-state index contributed by atoms with van der Waals surface area (Å²) in [5.74, 6) is 0.0955. The molecule has 0 saturated carbocycles. The number of rotatable bonds is 6. The SMILES string of the molecule is CCNCc1c(C)nn(CC(=O)N(C)CC)c1C. The number of likely N-dealkylation sites (N-methyl/N-ethyl adjacent to an activating group) is 1. The summed E-state index contributed by atoms with van der Waals surface area (Å²) in [6.07, 6.45) is 0. The summed E-state index contributed by atoms with van der Waals surface area (Å²) >= 11 is 0. The summed E-state index contributed by atoms with van der Waals surface area (Å²) in [5, 5.41) is 7.75. The number of aromatic nitrogens is 2. The summed E-state index contributed by atoms with van der Waals surface area (Å²) < 4.78 is 1.80. The van der Waals surface area contributed by atoms with Crippen molar-refractivity contribution in [3.05, 3.63) is 17.0 Å².